The molecular formula is C16H21N3O. The van der Waals surface area contributed by atoms with Crippen LogP contribution in [0, 0.1) is 6.92 Å². The number of imidazole rings is 1. The van der Waals surface area contributed by atoms with Crippen molar-refractivity contribution in [2.45, 2.75) is 45.3 Å². The van der Waals surface area contributed by atoms with Gasteiger partial charge in [0.15, 0.2) is 0 Å². The Kier molecular flexibility index (Phi) is 3.49. The number of aromatic hydroxyl groups is 1. The van der Waals surface area contributed by atoms with Crippen LogP contribution in [0.4, 0.5) is 0 Å². The molecule has 106 valence electrons. The van der Waals surface area contributed by atoms with Gasteiger partial charge in [-0.25, -0.2) is 4.98 Å². The molecule has 0 spiro atoms. The quantitative estimate of drug-likeness (QED) is 0.902. The lowest BCUT2D eigenvalue weighted by Crippen LogP contribution is -2.38. The topological polar surface area (TPSA) is 50.1 Å². The van der Waals surface area contributed by atoms with Crippen molar-refractivity contribution < 1.29 is 5.11 Å². The Labute approximate surface area is 119 Å². The molecule has 1 aliphatic rings. The third-order valence-electron chi connectivity index (χ3n) is 3.97. The molecule has 1 aromatic heterocycles. The van der Waals surface area contributed by atoms with Crippen LogP contribution in [0.5, 0.6) is 5.75 Å². The summed E-state index contributed by atoms with van der Waals surface area (Å²) in [5.41, 5.74) is 2.22. The van der Waals surface area contributed by atoms with E-state index in [4.69, 9.17) is 0 Å². The monoisotopic (exact) mass is 271 g/mol. The number of rotatable bonds is 3. The van der Waals surface area contributed by atoms with Crippen molar-refractivity contribution in [2.24, 2.45) is 0 Å². The molecule has 0 unspecified atom stereocenters. The average Bonchev–Trinajstić information content (AvgIpc) is 2.78. The minimum Gasteiger partial charge on any atom is -0.508 e. The molecule has 3 rings (SSSR count). The minimum atomic E-state index is 0.235. The van der Waals surface area contributed by atoms with Gasteiger partial charge >= 0.3 is 0 Å². The molecule has 4 nitrogen and oxygen atoms in total. The first kappa shape index (κ1) is 13.2. The maximum absolute atomic E-state index is 9.56. The van der Waals surface area contributed by atoms with Crippen molar-refractivity contribution in [3.63, 3.8) is 0 Å². The van der Waals surface area contributed by atoms with E-state index in [1.165, 1.54) is 5.82 Å². The summed E-state index contributed by atoms with van der Waals surface area (Å²) in [6.07, 6.45) is 4.26. The Morgan fingerprint density at radius 2 is 2.30 bits per heavy atom. The molecule has 2 aromatic rings. The highest BCUT2D eigenvalue weighted by molar-refractivity contribution is 5.29. The number of phenols is 1. The second-order valence-electron chi connectivity index (χ2n) is 5.67. The summed E-state index contributed by atoms with van der Waals surface area (Å²) >= 11 is 0. The molecule has 0 saturated carbocycles. The fraction of sp³-hybridized carbons (Fsp3) is 0.438. The molecule has 1 aromatic carbocycles. The molecule has 4 heteroatoms. The number of aryl methyl sites for hydroxylation is 2. The summed E-state index contributed by atoms with van der Waals surface area (Å²) in [6, 6.07) is 8.16. The van der Waals surface area contributed by atoms with Gasteiger partial charge in [-0.3, -0.25) is 0 Å². The van der Waals surface area contributed by atoms with Crippen LogP contribution in [0.15, 0.2) is 30.5 Å². The van der Waals surface area contributed by atoms with Gasteiger partial charge in [0.05, 0.1) is 5.69 Å². The number of hydrogen-bond donors (Lipinski definition) is 2. The van der Waals surface area contributed by atoms with E-state index in [2.05, 4.69) is 28.0 Å². The second-order valence-corrected chi connectivity index (χ2v) is 5.67. The predicted molar refractivity (Wildman–Crippen MR) is 78.7 cm³/mol. The Morgan fingerprint density at radius 3 is 3.10 bits per heavy atom. The van der Waals surface area contributed by atoms with E-state index in [1.54, 1.807) is 6.07 Å². The number of fused-ring (bicyclic) bond motifs is 1. The SMILES string of the molecule is Cc1cn2c(n1)CC[C@H](N[C@H](C)c1cccc(O)c1)C2. The zero-order valence-corrected chi connectivity index (χ0v) is 12.0. The number of phenolic OH excluding ortho intramolecular Hbond substituents is 1. The van der Waals surface area contributed by atoms with Crippen molar-refractivity contribution in [2.75, 3.05) is 0 Å². The minimum absolute atomic E-state index is 0.235. The lowest BCUT2D eigenvalue weighted by atomic mass is 10.0. The van der Waals surface area contributed by atoms with Crippen molar-refractivity contribution >= 4 is 0 Å². The highest BCUT2D eigenvalue weighted by atomic mass is 16.3. The standard InChI is InChI=1S/C16H21N3O/c1-11-9-19-10-14(6-7-16(19)17-11)18-12(2)13-4-3-5-15(20)8-13/h3-5,8-9,12,14,18,20H,6-7,10H2,1-2H3/t12-,14+/m1/s1. The van der Waals surface area contributed by atoms with E-state index in [0.717, 1.165) is 30.6 Å². The summed E-state index contributed by atoms with van der Waals surface area (Å²) < 4.78 is 2.26. The largest absolute Gasteiger partial charge is 0.508 e. The predicted octanol–water partition coefficient (Wildman–Crippen LogP) is 2.56. The highest BCUT2D eigenvalue weighted by Crippen LogP contribution is 2.21. The van der Waals surface area contributed by atoms with Gasteiger partial charge in [0, 0.05) is 31.2 Å². The molecule has 1 aliphatic heterocycles. The third kappa shape index (κ3) is 2.70. The first-order chi connectivity index (χ1) is 9.61. The van der Waals surface area contributed by atoms with Gasteiger partial charge in [0.1, 0.15) is 11.6 Å². The van der Waals surface area contributed by atoms with Crippen LogP contribution in [0.1, 0.15) is 36.5 Å². The number of nitrogens with zero attached hydrogens (tertiary/aromatic N) is 2. The van der Waals surface area contributed by atoms with Crippen molar-refractivity contribution in [1.29, 1.82) is 0 Å². The zero-order valence-electron chi connectivity index (χ0n) is 12.0. The maximum Gasteiger partial charge on any atom is 0.115 e. The lowest BCUT2D eigenvalue weighted by molar-refractivity contribution is 0.351. The Morgan fingerprint density at radius 1 is 1.45 bits per heavy atom. The molecule has 2 N–H and O–H groups in total. The Balaban J connectivity index is 1.67. The fourth-order valence-electron chi connectivity index (χ4n) is 2.97. The van der Waals surface area contributed by atoms with E-state index < -0.39 is 0 Å². The normalized spacial score (nSPS) is 19.6. The molecule has 0 bridgehead atoms. The summed E-state index contributed by atoms with van der Waals surface area (Å²) in [7, 11) is 0. The number of nitrogens with one attached hydrogen (secondary N) is 1. The summed E-state index contributed by atoms with van der Waals surface area (Å²) in [5, 5.41) is 13.2. The van der Waals surface area contributed by atoms with Crippen LogP contribution in [0.2, 0.25) is 0 Å². The van der Waals surface area contributed by atoms with Crippen LogP contribution < -0.4 is 5.32 Å². The van der Waals surface area contributed by atoms with Crippen LogP contribution >= 0.6 is 0 Å². The Bertz CT molecular complexity index is 606. The molecule has 0 fully saturated rings. The van der Waals surface area contributed by atoms with Crippen LogP contribution in [-0.2, 0) is 13.0 Å². The van der Waals surface area contributed by atoms with Crippen LogP contribution in [0.3, 0.4) is 0 Å². The smallest absolute Gasteiger partial charge is 0.115 e. The van der Waals surface area contributed by atoms with Gasteiger partial charge < -0.3 is 15.0 Å². The second kappa shape index (κ2) is 5.29. The zero-order chi connectivity index (χ0) is 14.1. The van der Waals surface area contributed by atoms with E-state index in [0.29, 0.717) is 11.8 Å². The third-order valence-corrected chi connectivity index (χ3v) is 3.97. The molecule has 20 heavy (non-hydrogen) atoms. The molecular weight excluding hydrogens is 250 g/mol. The lowest BCUT2D eigenvalue weighted by Gasteiger charge is -2.28. The van der Waals surface area contributed by atoms with Crippen molar-refractivity contribution in [3.8, 4) is 5.75 Å². The Hall–Kier alpha value is -1.81. The summed E-state index contributed by atoms with van der Waals surface area (Å²) in [6.45, 7) is 5.16. The van der Waals surface area contributed by atoms with Gasteiger partial charge in [-0.1, -0.05) is 12.1 Å². The highest BCUT2D eigenvalue weighted by Gasteiger charge is 2.21. The van der Waals surface area contributed by atoms with Gasteiger partial charge in [0.25, 0.3) is 0 Å². The van der Waals surface area contributed by atoms with Crippen LogP contribution in [0.25, 0.3) is 0 Å². The first-order valence-electron chi connectivity index (χ1n) is 7.19. The van der Waals surface area contributed by atoms with E-state index in [9.17, 15) is 5.11 Å². The fourth-order valence-corrected chi connectivity index (χ4v) is 2.97. The number of hydrogen-bond acceptors (Lipinski definition) is 3. The maximum atomic E-state index is 9.56. The first-order valence-corrected chi connectivity index (χ1v) is 7.19. The molecule has 0 saturated heterocycles. The molecule has 2 atom stereocenters. The molecule has 2 heterocycles. The summed E-state index contributed by atoms with van der Waals surface area (Å²) in [5.74, 6) is 1.53. The summed E-state index contributed by atoms with van der Waals surface area (Å²) in [4.78, 5) is 4.54. The molecule has 0 radical (unpaired) electrons. The van der Waals surface area contributed by atoms with E-state index in [1.807, 2.05) is 25.1 Å². The van der Waals surface area contributed by atoms with Gasteiger partial charge in [0.2, 0.25) is 0 Å². The van der Waals surface area contributed by atoms with Gasteiger partial charge in [-0.2, -0.15) is 0 Å². The van der Waals surface area contributed by atoms with Gasteiger partial charge in [-0.15, -0.1) is 0 Å². The average molecular weight is 271 g/mol. The number of benzene rings is 1. The van der Waals surface area contributed by atoms with Crippen LogP contribution in [-0.4, -0.2) is 20.7 Å². The molecule has 0 aliphatic carbocycles. The van der Waals surface area contributed by atoms with Gasteiger partial charge in [-0.05, 0) is 38.0 Å². The van der Waals surface area contributed by atoms with Crippen molar-refractivity contribution in [1.82, 2.24) is 14.9 Å². The van der Waals surface area contributed by atoms with Crippen molar-refractivity contribution in [3.05, 3.63) is 47.5 Å². The van der Waals surface area contributed by atoms with E-state index >= 15 is 0 Å². The molecule has 0 amide bonds. The number of aromatic nitrogens is 2. The van der Waals surface area contributed by atoms with E-state index in [-0.39, 0.29) is 6.04 Å².